The molecule has 16 heteroatoms. The summed E-state index contributed by atoms with van der Waals surface area (Å²) in [5.74, 6) is -4.90. The van der Waals surface area contributed by atoms with E-state index in [9.17, 15) is 38.0 Å². The molecule has 7 amide bonds. The van der Waals surface area contributed by atoms with Crippen LogP contribution >= 0.6 is 0 Å². The zero-order chi connectivity index (χ0) is 29.1. The maximum atomic E-state index is 14.0. The molecule has 1 fully saturated rings. The van der Waals surface area contributed by atoms with Gasteiger partial charge >= 0.3 is 18.1 Å². The lowest BCUT2D eigenvalue weighted by Gasteiger charge is -2.34. The van der Waals surface area contributed by atoms with Crippen LogP contribution in [-0.2, 0) is 35.1 Å². The van der Waals surface area contributed by atoms with Crippen LogP contribution in [0.25, 0.3) is 0 Å². The van der Waals surface area contributed by atoms with Crippen LogP contribution in [0.5, 0.6) is 0 Å². The lowest BCUT2D eigenvalue weighted by molar-refractivity contribution is -0.153. The van der Waals surface area contributed by atoms with E-state index < -0.39 is 79.2 Å². The molecule has 4 atom stereocenters. The van der Waals surface area contributed by atoms with E-state index in [1.54, 1.807) is 35.6 Å². The number of carbonyl (C=O) groups is 7. The average molecular weight is 553 g/mol. The molecule has 1 aliphatic rings. The molecule has 1 unspecified atom stereocenters. The van der Waals surface area contributed by atoms with Crippen LogP contribution in [0.1, 0.15) is 19.4 Å². The molecule has 212 valence electrons. The number of esters is 1. The molecule has 2 rings (SSSR count). The van der Waals surface area contributed by atoms with Crippen LogP contribution in [0.4, 0.5) is 14.0 Å². The summed E-state index contributed by atoms with van der Waals surface area (Å²) in [6.45, 7) is 1.12. The fourth-order valence-electron chi connectivity index (χ4n) is 3.40. The zero-order valence-electron chi connectivity index (χ0n) is 21.1. The Morgan fingerprint density at radius 1 is 1.10 bits per heavy atom. The topological polar surface area (TPSA) is 212 Å². The number of carboxylic acid groups (broad SMARTS) is 1. The standard InChI is InChI=1S/C23H29FN6O9/c1-3-39-21(35)17(30-11-14(24)19(33)29-22(30)36)28-18(32)12(2)26-20(34)15(9-13-7-5-4-6-8-13)27-16(31)10-25-23(37)38/h4-8,12,14-15,17,25H,3,9-11H2,1-2H3,(H,26,34)(H,27,31)(H,28,32)(H,37,38)(H,29,33,36)/t12-,14?,15-,17-/m0/s1. The molecule has 39 heavy (non-hydrogen) atoms. The maximum Gasteiger partial charge on any atom is 0.405 e. The Hall–Kier alpha value is -4.76. The largest absolute Gasteiger partial charge is 0.465 e. The Kier molecular flexibility index (Phi) is 11.1. The molecule has 0 aliphatic carbocycles. The van der Waals surface area contributed by atoms with Crippen LogP contribution in [0.2, 0.25) is 0 Å². The van der Waals surface area contributed by atoms with Crippen molar-refractivity contribution in [2.24, 2.45) is 0 Å². The van der Waals surface area contributed by atoms with Gasteiger partial charge in [0.25, 0.3) is 5.91 Å². The molecular weight excluding hydrogens is 523 g/mol. The summed E-state index contributed by atoms with van der Waals surface area (Å²) < 4.78 is 18.8. The Balaban J connectivity index is 2.14. The van der Waals surface area contributed by atoms with Crippen LogP contribution in [0.3, 0.4) is 0 Å². The number of halogens is 1. The van der Waals surface area contributed by atoms with E-state index in [0.29, 0.717) is 10.5 Å². The van der Waals surface area contributed by atoms with E-state index in [-0.39, 0.29) is 13.0 Å². The highest BCUT2D eigenvalue weighted by Gasteiger charge is 2.41. The van der Waals surface area contributed by atoms with Gasteiger partial charge in [-0.1, -0.05) is 30.3 Å². The number of rotatable bonds is 12. The normalized spacial score (nSPS) is 17.1. The quantitative estimate of drug-likeness (QED) is 0.164. The number of amides is 7. The van der Waals surface area contributed by atoms with Gasteiger partial charge in [0.2, 0.25) is 23.9 Å². The highest BCUT2D eigenvalue weighted by Crippen LogP contribution is 2.10. The third-order valence-electron chi connectivity index (χ3n) is 5.32. The number of alkyl halides is 1. The van der Waals surface area contributed by atoms with Gasteiger partial charge in [-0.05, 0) is 19.4 Å². The number of benzene rings is 1. The second kappa shape index (κ2) is 14.3. The predicted octanol–water partition coefficient (Wildman–Crippen LogP) is -1.62. The first-order chi connectivity index (χ1) is 18.4. The first-order valence-electron chi connectivity index (χ1n) is 11.8. The van der Waals surface area contributed by atoms with Gasteiger partial charge in [0.15, 0.2) is 6.17 Å². The van der Waals surface area contributed by atoms with E-state index in [4.69, 9.17) is 9.84 Å². The van der Waals surface area contributed by atoms with Crippen molar-refractivity contribution in [3.05, 3.63) is 35.9 Å². The van der Waals surface area contributed by atoms with Gasteiger partial charge < -0.3 is 31.1 Å². The third kappa shape index (κ3) is 9.24. The summed E-state index contributed by atoms with van der Waals surface area (Å²) in [5.41, 5.74) is 0.648. The monoisotopic (exact) mass is 552 g/mol. The van der Waals surface area contributed by atoms with Gasteiger partial charge in [-0.3, -0.25) is 29.4 Å². The number of nitrogens with zero attached hydrogens (tertiary/aromatic N) is 1. The summed E-state index contributed by atoms with van der Waals surface area (Å²) in [5, 5.41) is 19.3. The minimum Gasteiger partial charge on any atom is -0.465 e. The highest BCUT2D eigenvalue weighted by molar-refractivity contribution is 6.01. The zero-order valence-corrected chi connectivity index (χ0v) is 21.1. The molecule has 0 bridgehead atoms. The molecule has 0 aromatic heterocycles. The Bertz CT molecular complexity index is 1100. The highest BCUT2D eigenvalue weighted by atomic mass is 19.1. The summed E-state index contributed by atoms with van der Waals surface area (Å²) in [7, 11) is 0. The van der Waals surface area contributed by atoms with Crippen LogP contribution < -0.4 is 26.6 Å². The smallest absolute Gasteiger partial charge is 0.405 e. The van der Waals surface area contributed by atoms with Crippen LogP contribution in [0, 0.1) is 0 Å². The number of carbonyl (C=O) groups excluding carboxylic acids is 6. The van der Waals surface area contributed by atoms with Gasteiger partial charge in [0.1, 0.15) is 18.6 Å². The van der Waals surface area contributed by atoms with Crippen LogP contribution in [-0.4, -0.2) is 95.8 Å². The molecule has 0 radical (unpaired) electrons. The summed E-state index contributed by atoms with van der Waals surface area (Å²) in [6.07, 6.45) is -5.43. The Labute approximate surface area is 221 Å². The first kappa shape index (κ1) is 30.5. The van der Waals surface area contributed by atoms with E-state index >= 15 is 0 Å². The summed E-state index contributed by atoms with van der Waals surface area (Å²) in [4.78, 5) is 85.3. The number of ether oxygens (including phenoxy) is 1. The minimum absolute atomic E-state index is 0.00879. The summed E-state index contributed by atoms with van der Waals surface area (Å²) >= 11 is 0. The van der Waals surface area contributed by atoms with E-state index in [1.165, 1.54) is 13.8 Å². The number of hydrogen-bond donors (Lipinski definition) is 6. The van der Waals surface area contributed by atoms with Crippen molar-refractivity contribution < 1.29 is 47.8 Å². The fraction of sp³-hybridized carbons (Fsp3) is 0.435. The van der Waals surface area contributed by atoms with Crippen molar-refractivity contribution in [1.29, 1.82) is 0 Å². The molecule has 15 nitrogen and oxygen atoms in total. The van der Waals surface area contributed by atoms with Gasteiger partial charge in [-0.15, -0.1) is 0 Å². The molecule has 1 heterocycles. The molecule has 0 saturated carbocycles. The van der Waals surface area contributed by atoms with Gasteiger partial charge in [0, 0.05) is 6.42 Å². The minimum atomic E-state index is -2.16. The number of urea groups is 1. The van der Waals surface area contributed by atoms with Gasteiger partial charge in [0.05, 0.1) is 13.2 Å². The second-order valence-electron chi connectivity index (χ2n) is 8.28. The molecule has 1 aromatic rings. The van der Waals surface area contributed by atoms with Crippen molar-refractivity contribution in [2.45, 2.75) is 44.7 Å². The van der Waals surface area contributed by atoms with Crippen molar-refractivity contribution in [3.8, 4) is 0 Å². The first-order valence-corrected chi connectivity index (χ1v) is 11.8. The lowest BCUT2D eigenvalue weighted by Crippen LogP contribution is -2.66. The van der Waals surface area contributed by atoms with E-state index in [1.807, 2.05) is 5.32 Å². The Morgan fingerprint density at radius 2 is 1.77 bits per heavy atom. The molecule has 1 aliphatic heterocycles. The fourth-order valence-corrected chi connectivity index (χ4v) is 3.40. The maximum absolute atomic E-state index is 14.0. The van der Waals surface area contributed by atoms with E-state index in [0.717, 1.165) is 0 Å². The number of imide groups is 1. The SMILES string of the molecule is CCOC(=O)[C@@H](NC(=O)[C@H](C)NC(=O)[C@H](Cc1ccccc1)NC(=O)CNC(=O)O)N1CC(F)C(=O)NC1=O. The molecule has 1 saturated heterocycles. The van der Waals surface area contributed by atoms with Crippen molar-refractivity contribution in [2.75, 3.05) is 19.7 Å². The lowest BCUT2D eigenvalue weighted by atomic mass is 10.0. The number of nitrogens with one attached hydrogen (secondary N) is 5. The molecular formula is C23H29FN6O9. The average Bonchev–Trinajstić information content (AvgIpc) is 2.88. The predicted molar refractivity (Wildman–Crippen MR) is 129 cm³/mol. The Morgan fingerprint density at radius 3 is 2.38 bits per heavy atom. The van der Waals surface area contributed by atoms with Gasteiger partial charge in [-0.2, -0.15) is 0 Å². The molecule has 0 spiro atoms. The van der Waals surface area contributed by atoms with Crippen molar-refractivity contribution in [1.82, 2.24) is 31.5 Å². The van der Waals surface area contributed by atoms with Crippen LogP contribution in [0.15, 0.2) is 30.3 Å². The molecule has 6 N–H and O–H groups in total. The van der Waals surface area contributed by atoms with E-state index in [2.05, 4.69) is 16.0 Å². The molecule has 1 aromatic carbocycles. The summed E-state index contributed by atoms with van der Waals surface area (Å²) in [6, 6.07) is 4.83. The third-order valence-corrected chi connectivity index (χ3v) is 5.32. The second-order valence-corrected chi connectivity index (χ2v) is 8.28. The number of hydrogen-bond acceptors (Lipinski definition) is 8. The van der Waals surface area contributed by atoms with Crippen molar-refractivity contribution >= 4 is 41.7 Å². The van der Waals surface area contributed by atoms with Crippen molar-refractivity contribution in [3.63, 3.8) is 0 Å². The van der Waals surface area contributed by atoms with Gasteiger partial charge in [-0.25, -0.2) is 18.8 Å².